The predicted octanol–water partition coefficient (Wildman–Crippen LogP) is 3.84. The fourth-order valence-corrected chi connectivity index (χ4v) is 3.26. The fourth-order valence-electron chi connectivity index (χ4n) is 1.87. The molecule has 0 atom stereocenters. The molecule has 0 aliphatic rings. The Balaban J connectivity index is 2.21. The number of carbonyl (C=O) groups is 1. The summed E-state index contributed by atoms with van der Waals surface area (Å²) >= 11 is 7.71. The summed E-state index contributed by atoms with van der Waals surface area (Å²) in [4.78, 5) is 16.8. The minimum Gasteiger partial charge on any atom is -0.276 e. The summed E-state index contributed by atoms with van der Waals surface area (Å²) in [5.41, 5.74) is 2.42. The van der Waals surface area contributed by atoms with Crippen LogP contribution in [0.3, 0.4) is 0 Å². The predicted molar refractivity (Wildman–Crippen MR) is 93.5 cm³/mol. The largest absolute Gasteiger partial charge is 0.276 e. The van der Waals surface area contributed by atoms with Crippen molar-refractivity contribution in [3.8, 4) is 0 Å². The number of anilines is 1. The number of hydrogen-bond donors (Lipinski definition) is 0. The van der Waals surface area contributed by atoms with Crippen molar-refractivity contribution in [3.05, 3.63) is 53.2 Å². The number of aromatic nitrogens is 2. The van der Waals surface area contributed by atoms with E-state index in [1.54, 1.807) is 11.7 Å². The number of carbonyl (C=O) groups excluding carboxylic acids is 1. The molecule has 0 spiro atoms. The van der Waals surface area contributed by atoms with Gasteiger partial charge in [-0.05, 0) is 12.5 Å². The number of aryl methyl sites for hydroxylation is 1. The van der Waals surface area contributed by atoms with E-state index in [-0.39, 0.29) is 11.8 Å². The summed E-state index contributed by atoms with van der Waals surface area (Å²) in [6.45, 7) is 5.80. The maximum absolute atomic E-state index is 11.4. The molecule has 0 saturated carbocycles. The molecule has 1 aromatic heterocycles. The van der Waals surface area contributed by atoms with Crippen molar-refractivity contribution in [1.82, 2.24) is 9.78 Å². The van der Waals surface area contributed by atoms with Gasteiger partial charge in [-0.15, -0.1) is 0 Å². The van der Waals surface area contributed by atoms with Gasteiger partial charge in [0.2, 0.25) is 6.41 Å². The number of hydroxylamine groups is 1. The number of halogens is 1. The zero-order valence-corrected chi connectivity index (χ0v) is 14.6. The Morgan fingerprint density at radius 3 is 2.78 bits per heavy atom. The summed E-state index contributed by atoms with van der Waals surface area (Å²) in [5.74, 6) is 0.733. The van der Waals surface area contributed by atoms with E-state index in [0.717, 1.165) is 21.4 Å². The molecule has 5 nitrogen and oxygen atoms in total. The monoisotopic (exact) mass is 351 g/mol. The number of amides is 1. The summed E-state index contributed by atoms with van der Waals surface area (Å²) < 4.78 is 1.64. The molecule has 0 fully saturated rings. The van der Waals surface area contributed by atoms with Gasteiger partial charge in [-0.1, -0.05) is 65.8 Å². The molecular weight excluding hydrogens is 334 g/mol. The van der Waals surface area contributed by atoms with Gasteiger partial charge < -0.3 is 0 Å². The molecule has 0 radical (unpaired) electrons. The first-order valence-electron chi connectivity index (χ1n) is 6.94. The van der Waals surface area contributed by atoms with Gasteiger partial charge in [0.05, 0.1) is 6.61 Å². The molecule has 1 aromatic carbocycles. The molecule has 1 heterocycles. The second-order valence-electron chi connectivity index (χ2n) is 5.00. The van der Waals surface area contributed by atoms with Gasteiger partial charge in [0.1, 0.15) is 10.7 Å². The van der Waals surface area contributed by atoms with E-state index >= 15 is 0 Å². The topological polar surface area (TPSA) is 47.4 Å². The summed E-state index contributed by atoms with van der Waals surface area (Å²) in [6.07, 6.45) is 0.582. The summed E-state index contributed by atoms with van der Waals surface area (Å²) in [6, 6.07) is 10.0. The minimum atomic E-state index is 0.219. The third-order valence-corrected chi connectivity index (χ3v) is 4.38. The molecule has 0 bridgehead atoms. The van der Waals surface area contributed by atoms with Crippen molar-refractivity contribution in [2.24, 2.45) is 7.05 Å². The van der Waals surface area contributed by atoms with Crippen LogP contribution in [0.4, 0.5) is 5.69 Å². The van der Waals surface area contributed by atoms with E-state index in [2.05, 4.69) is 11.7 Å². The first-order valence-corrected chi connectivity index (χ1v) is 8.30. The van der Waals surface area contributed by atoms with E-state index < -0.39 is 0 Å². The molecule has 2 rings (SSSR count). The molecule has 0 aliphatic heterocycles. The molecule has 0 unspecified atom stereocenters. The number of benzene rings is 1. The number of thioether (sulfide) groups is 1. The molecule has 2 aromatic rings. The number of nitrogens with zero attached hydrogens (tertiary/aromatic N) is 3. The van der Waals surface area contributed by atoms with Crippen molar-refractivity contribution in [3.63, 3.8) is 0 Å². The molecule has 0 aliphatic carbocycles. The highest BCUT2D eigenvalue weighted by Gasteiger charge is 2.22. The Bertz CT molecular complexity index is 688. The Labute approximate surface area is 144 Å². The van der Waals surface area contributed by atoms with Crippen LogP contribution in [0.25, 0.3) is 0 Å². The quantitative estimate of drug-likeness (QED) is 0.314. The number of rotatable bonds is 8. The lowest BCUT2D eigenvalue weighted by molar-refractivity contribution is -0.113. The van der Waals surface area contributed by atoms with Gasteiger partial charge >= 0.3 is 0 Å². The third kappa shape index (κ3) is 4.60. The standard InChI is InChI=1S/C16H18ClN3O2S/c1-12(2)9-22-20(11-21)14-15(17)18-19(3)16(14)23-10-13-7-5-4-6-8-13/h4-8,11H,1,9-10H2,2-3H3. The van der Waals surface area contributed by atoms with Crippen LogP contribution in [0.15, 0.2) is 47.5 Å². The van der Waals surface area contributed by atoms with Gasteiger partial charge in [-0.3, -0.25) is 14.3 Å². The van der Waals surface area contributed by atoms with E-state index in [4.69, 9.17) is 16.4 Å². The van der Waals surface area contributed by atoms with Crippen molar-refractivity contribution in [2.75, 3.05) is 11.7 Å². The van der Waals surface area contributed by atoms with Gasteiger partial charge in [-0.2, -0.15) is 10.2 Å². The molecule has 1 amide bonds. The first-order chi connectivity index (χ1) is 11.0. The average Bonchev–Trinajstić information content (AvgIpc) is 2.81. The molecule has 122 valence electrons. The Kier molecular flexibility index (Phi) is 6.27. The van der Waals surface area contributed by atoms with Crippen LogP contribution in [0.2, 0.25) is 5.15 Å². The van der Waals surface area contributed by atoms with Crippen LogP contribution >= 0.6 is 23.4 Å². The Morgan fingerprint density at radius 2 is 2.17 bits per heavy atom. The van der Waals surface area contributed by atoms with Gasteiger partial charge in [-0.25, -0.2) is 0 Å². The normalized spacial score (nSPS) is 10.6. The zero-order valence-electron chi connectivity index (χ0n) is 13.0. The van der Waals surface area contributed by atoms with Crippen LogP contribution in [-0.4, -0.2) is 22.8 Å². The summed E-state index contributed by atoms with van der Waals surface area (Å²) in [7, 11) is 1.78. The third-order valence-electron chi connectivity index (χ3n) is 2.91. The fraction of sp³-hybridized carbons (Fsp3) is 0.250. The smallest absolute Gasteiger partial charge is 0.238 e. The molecule has 7 heteroatoms. The van der Waals surface area contributed by atoms with Crippen molar-refractivity contribution in [1.29, 1.82) is 0 Å². The summed E-state index contributed by atoms with van der Waals surface area (Å²) in [5, 5.41) is 6.26. The van der Waals surface area contributed by atoms with Crippen LogP contribution in [0, 0.1) is 0 Å². The highest BCUT2D eigenvalue weighted by molar-refractivity contribution is 7.98. The molecule has 23 heavy (non-hydrogen) atoms. The molecule has 0 N–H and O–H groups in total. The van der Waals surface area contributed by atoms with Crippen molar-refractivity contribution >= 4 is 35.5 Å². The van der Waals surface area contributed by atoms with Crippen LogP contribution in [0.5, 0.6) is 0 Å². The van der Waals surface area contributed by atoms with Crippen molar-refractivity contribution in [2.45, 2.75) is 17.7 Å². The van der Waals surface area contributed by atoms with E-state index in [0.29, 0.717) is 12.1 Å². The Morgan fingerprint density at radius 1 is 1.48 bits per heavy atom. The van der Waals surface area contributed by atoms with Crippen LogP contribution in [0.1, 0.15) is 12.5 Å². The van der Waals surface area contributed by atoms with Crippen molar-refractivity contribution < 1.29 is 9.63 Å². The zero-order chi connectivity index (χ0) is 16.8. The lowest BCUT2D eigenvalue weighted by Gasteiger charge is -2.17. The highest BCUT2D eigenvalue weighted by atomic mass is 35.5. The minimum absolute atomic E-state index is 0.219. The molecular formula is C16H18ClN3O2S. The molecule has 0 saturated heterocycles. The van der Waals surface area contributed by atoms with E-state index in [9.17, 15) is 4.79 Å². The second kappa shape index (κ2) is 8.19. The van der Waals surface area contributed by atoms with Crippen LogP contribution in [-0.2, 0) is 22.4 Å². The van der Waals surface area contributed by atoms with Crippen LogP contribution < -0.4 is 5.06 Å². The highest BCUT2D eigenvalue weighted by Crippen LogP contribution is 2.37. The lowest BCUT2D eigenvalue weighted by Crippen LogP contribution is -2.23. The maximum Gasteiger partial charge on any atom is 0.238 e. The number of hydrogen-bond acceptors (Lipinski definition) is 4. The maximum atomic E-state index is 11.4. The van der Waals surface area contributed by atoms with Gasteiger partial charge in [0, 0.05) is 12.8 Å². The van der Waals surface area contributed by atoms with Gasteiger partial charge in [0.25, 0.3) is 0 Å². The van der Waals surface area contributed by atoms with E-state index in [1.165, 1.54) is 17.3 Å². The lowest BCUT2D eigenvalue weighted by atomic mass is 10.2. The average molecular weight is 352 g/mol. The SMILES string of the molecule is C=C(C)CON(C=O)c1c(Cl)nn(C)c1SCc1ccccc1. The Hall–Kier alpha value is -1.76. The van der Waals surface area contributed by atoms with Gasteiger partial charge in [0.15, 0.2) is 5.15 Å². The van der Waals surface area contributed by atoms with E-state index in [1.807, 2.05) is 37.3 Å². The first kappa shape index (κ1) is 17.6. The second-order valence-corrected chi connectivity index (χ2v) is 6.33.